The van der Waals surface area contributed by atoms with Crippen LogP contribution in [0.1, 0.15) is 48.7 Å². The van der Waals surface area contributed by atoms with Gasteiger partial charge in [0.25, 0.3) is 5.56 Å². The molecular formula is C14H19N3O. The summed E-state index contributed by atoms with van der Waals surface area (Å²) in [4.78, 5) is 19.9. The zero-order chi connectivity index (χ0) is 12.1. The molecule has 2 bridgehead atoms. The van der Waals surface area contributed by atoms with Gasteiger partial charge >= 0.3 is 0 Å². The Morgan fingerprint density at radius 3 is 2.94 bits per heavy atom. The van der Waals surface area contributed by atoms with Gasteiger partial charge in [0.05, 0.1) is 11.3 Å². The lowest BCUT2D eigenvalue weighted by atomic mass is 9.88. The van der Waals surface area contributed by atoms with Crippen molar-refractivity contribution in [2.75, 3.05) is 6.54 Å². The third-order valence-corrected chi connectivity index (χ3v) is 5.05. The number of aromatic amines is 1. The predicted molar refractivity (Wildman–Crippen MR) is 68.5 cm³/mol. The van der Waals surface area contributed by atoms with Crippen LogP contribution >= 0.6 is 0 Å². The van der Waals surface area contributed by atoms with Gasteiger partial charge in [-0.1, -0.05) is 6.42 Å². The van der Waals surface area contributed by atoms with E-state index in [-0.39, 0.29) is 5.56 Å². The highest BCUT2D eigenvalue weighted by atomic mass is 16.1. The van der Waals surface area contributed by atoms with Crippen LogP contribution in [0.4, 0.5) is 0 Å². The molecule has 0 spiro atoms. The molecule has 4 rings (SSSR count). The molecule has 2 fully saturated rings. The maximum Gasteiger partial charge on any atom is 0.255 e. The molecule has 18 heavy (non-hydrogen) atoms. The highest BCUT2D eigenvalue weighted by Crippen LogP contribution is 2.51. The van der Waals surface area contributed by atoms with Crippen molar-refractivity contribution in [3.8, 4) is 0 Å². The lowest BCUT2D eigenvalue weighted by molar-refractivity contribution is 0.402. The summed E-state index contributed by atoms with van der Waals surface area (Å²) in [5.74, 6) is 3.17. The molecule has 0 saturated heterocycles. The van der Waals surface area contributed by atoms with Crippen molar-refractivity contribution < 1.29 is 0 Å². The van der Waals surface area contributed by atoms with Gasteiger partial charge in [-0.25, -0.2) is 4.98 Å². The first-order chi connectivity index (χ1) is 8.81. The number of fused-ring (bicyclic) bond motifs is 3. The molecule has 0 aromatic carbocycles. The van der Waals surface area contributed by atoms with Gasteiger partial charge in [-0.05, 0) is 31.1 Å². The molecule has 3 unspecified atom stereocenters. The van der Waals surface area contributed by atoms with Crippen molar-refractivity contribution >= 4 is 0 Å². The molecular weight excluding hydrogens is 226 g/mol. The van der Waals surface area contributed by atoms with Crippen LogP contribution in [0.15, 0.2) is 4.79 Å². The first kappa shape index (κ1) is 10.7. The quantitative estimate of drug-likeness (QED) is 0.784. The summed E-state index contributed by atoms with van der Waals surface area (Å²) < 4.78 is 0. The van der Waals surface area contributed by atoms with Crippen LogP contribution in [-0.2, 0) is 13.0 Å². The van der Waals surface area contributed by atoms with E-state index in [2.05, 4.69) is 10.3 Å². The molecule has 2 saturated carbocycles. The van der Waals surface area contributed by atoms with Crippen LogP contribution < -0.4 is 10.9 Å². The van der Waals surface area contributed by atoms with Crippen LogP contribution in [-0.4, -0.2) is 16.5 Å². The molecule has 4 heteroatoms. The Hall–Kier alpha value is -1.16. The van der Waals surface area contributed by atoms with Crippen LogP contribution in [0.2, 0.25) is 0 Å². The second-order valence-electron chi connectivity index (χ2n) is 6.08. The summed E-state index contributed by atoms with van der Waals surface area (Å²) in [6, 6.07) is 0. The predicted octanol–water partition coefficient (Wildman–Crippen LogP) is 1.32. The molecule has 2 N–H and O–H groups in total. The van der Waals surface area contributed by atoms with Crippen LogP contribution in [0, 0.1) is 11.8 Å². The van der Waals surface area contributed by atoms with Crippen molar-refractivity contribution in [1.29, 1.82) is 0 Å². The Morgan fingerprint density at radius 2 is 2.17 bits per heavy atom. The molecule has 1 aromatic heterocycles. The van der Waals surface area contributed by atoms with Gasteiger partial charge in [0.1, 0.15) is 5.82 Å². The lowest BCUT2D eigenvalue weighted by Crippen LogP contribution is -2.33. The molecule has 4 nitrogen and oxygen atoms in total. The normalized spacial score (nSPS) is 33.7. The molecule has 0 radical (unpaired) electrons. The van der Waals surface area contributed by atoms with Gasteiger partial charge in [0.15, 0.2) is 0 Å². The van der Waals surface area contributed by atoms with Crippen molar-refractivity contribution in [2.24, 2.45) is 11.8 Å². The van der Waals surface area contributed by atoms with E-state index in [1.165, 1.54) is 25.7 Å². The average Bonchev–Trinajstić information content (AvgIpc) is 3.01. The fraction of sp³-hybridized carbons (Fsp3) is 0.714. The summed E-state index contributed by atoms with van der Waals surface area (Å²) in [5, 5.41) is 3.24. The van der Waals surface area contributed by atoms with Gasteiger partial charge in [-0.3, -0.25) is 4.79 Å². The van der Waals surface area contributed by atoms with Crippen molar-refractivity contribution in [2.45, 2.75) is 44.6 Å². The standard InChI is InChI=1S/C14H19N3O/c18-14-11-7-15-4-3-12(11)16-13(17-14)10-6-8-1-2-9(10)5-8/h8-10,15H,1-7H2,(H,16,17,18). The fourth-order valence-electron chi connectivity index (χ4n) is 4.13. The molecule has 3 atom stereocenters. The second-order valence-corrected chi connectivity index (χ2v) is 6.08. The number of rotatable bonds is 1. The van der Waals surface area contributed by atoms with E-state index in [1.807, 2.05) is 0 Å². The van der Waals surface area contributed by atoms with E-state index in [1.54, 1.807) is 0 Å². The summed E-state index contributed by atoms with van der Waals surface area (Å²) >= 11 is 0. The zero-order valence-corrected chi connectivity index (χ0v) is 10.5. The molecule has 2 heterocycles. The third-order valence-electron chi connectivity index (χ3n) is 5.05. The number of nitrogens with zero attached hydrogens (tertiary/aromatic N) is 1. The monoisotopic (exact) mass is 245 g/mol. The lowest BCUT2D eigenvalue weighted by Gasteiger charge is -2.23. The van der Waals surface area contributed by atoms with Gasteiger partial charge < -0.3 is 10.3 Å². The highest BCUT2D eigenvalue weighted by molar-refractivity contribution is 5.22. The third kappa shape index (κ3) is 1.55. The largest absolute Gasteiger partial charge is 0.312 e. The Kier molecular flexibility index (Phi) is 2.34. The number of nitrogens with one attached hydrogen (secondary N) is 2. The van der Waals surface area contributed by atoms with E-state index < -0.39 is 0 Å². The molecule has 1 aliphatic heterocycles. The molecule has 0 amide bonds. The molecule has 3 aliphatic rings. The van der Waals surface area contributed by atoms with Crippen LogP contribution in [0.5, 0.6) is 0 Å². The molecule has 2 aliphatic carbocycles. The number of hydrogen-bond acceptors (Lipinski definition) is 3. The van der Waals surface area contributed by atoms with E-state index in [9.17, 15) is 4.79 Å². The minimum absolute atomic E-state index is 0.0879. The Labute approximate surface area is 106 Å². The number of aromatic nitrogens is 2. The van der Waals surface area contributed by atoms with Crippen LogP contribution in [0.25, 0.3) is 0 Å². The van der Waals surface area contributed by atoms with Gasteiger partial charge in [-0.15, -0.1) is 0 Å². The number of hydrogen-bond donors (Lipinski definition) is 2. The summed E-state index contributed by atoms with van der Waals surface area (Å²) in [6.07, 6.45) is 6.21. The summed E-state index contributed by atoms with van der Waals surface area (Å²) in [6.45, 7) is 1.62. The van der Waals surface area contributed by atoms with Crippen molar-refractivity contribution in [3.05, 3.63) is 27.4 Å². The van der Waals surface area contributed by atoms with E-state index >= 15 is 0 Å². The van der Waals surface area contributed by atoms with Crippen molar-refractivity contribution in [1.82, 2.24) is 15.3 Å². The van der Waals surface area contributed by atoms with Gasteiger partial charge in [0, 0.05) is 25.4 Å². The Balaban J connectivity index is 1.73. The Bertz CT molecular complexity index is 536. The van der Waals surface area contributed by atoms with Gasteiger partial charge in [-0.2, -0.15) is 0 Å². The van der Waals surface area contributed by atoms with E-state index in [0.717, 1.165) is 41.9 Å². The SMILES string of the molecule is O=c1[nH]c(C2CC3CCC2C3)nc2c1CNCC2. The first-order valence-corrected chi connectivity index (χ1v) is 7.14. The maximum atomic E-state index is 12.1. The van der Waals surface area contributed by atoms with E-state index in [4.69, 9.17) is 4.98 Å². The first-order valence-electron chi connectivity index (χ1n) is 7.14. The van der Waals surface area contributed by atoms with Crippen LogP contribution in [0.3, 0.4) is 0 Å². The molecule has 96 valence electrons. The minimum Gasteiger partial charge on any atom is -0.312 e. The van der Waals surface area contributed by atoms with E-state index in [0.29, 0.717) is 12.5 Å². The van der Waals surface area contributed by atoms with Gasteiger partial charge in [0.2, 0.25) is 0 Å². The summed E-state index contributed by atoms with van der Waals surface area (Å²) in [7, 11) is 0. The number of H-pyrrole nitrogens is 1. The average molecular weight is 245 g/mol. The maximum absolute atomic E-state index is 12.1. The second kappa shape index (κ2) is 3.92. The molecule has 1 aromatic rings. The Morgan fingerprint density at radius 1 is 1.22 bits per heavy atom. The smallest absolute Gasteiger partial charge is 0.255 e. The minimum atomic E-state index is 0.0879. The zero-order valence-electron chi connectivity index (χ0n) is 10.5. The highest BCUT2D eigenvalue weighted by Gasteiger charge is 2.41. The fourth-order valence-corrected chi connectivity index (χ4v) is 4.13. The van der Waals surface area contributed by atoms with Crippen molar-refractivity contribution in [3.63, 3.8) is 0 Å². The topological polar surface area (TPSA) is 57.8 Å². The summed E-state index contributed by atoms with van der Waals surface area (Å²) in [5.41, 5.74) is 1.98.